The van der Waals surface area contributed by atoms with Gasteiger partial charge in [0.1, 0.15) is 11.9 Å². The van der Waals surface area contributed by atoms with Crippen LogP contribution in [0.4, 0.5) is 11.8 Å². The fourth-order valence-corrected chi connectivity index (χ4v) is 2.48. The van der Waals surface area contributed by atoms with Crippen LogP contribution < -0.4 is 9.80 Å². The van der Waals surface area contributed by atoms with Crippen molar-refractivity contribution >= 4 is 11.8 Å². The Kier molecular flexibility index (Phi) is 3.44. The number of aromatic nitrogens is 4. The summed E-state index contributed by atoms with van der Waals surface area (Å²) < 4.78 is 1.87. The number of hydrogen-bond donors (Lipinski definition) is 0. The van der Waals surface area contributed by atoms with Gasteiger partial charge < -0.3 is 9.80 Å². The van der Waals surface area contributed by atoms with E-state index in [1.54, 1.807) is 18.6 Å². The van der Waals surface area contributed by atoms with Gasteiger partial charge >= 0.3 is 0 Å². The van der Waals surface area contributed by atoms with Crippen LogP contribution in [-0.2, 0) is 0 Å². The molecule has 1 atom stereocenters. The molecule has 1 aliphatic heterocycles. The molecule has 0 bridgehead atoms. The maximum absolute atomic E-state index is 8.87. The van der Waals surface area contributed by atoms with E-state index in [-0.39, 0.29) is 6.04 Å². The van der Waals surface area contributed by atoms with Gasteiger partial charge in [-0.25, -0.2) is 4.98 Å². The molecule has 0 radical (unpaired) electrons. The molecule has 21 heavy (non-hydrogen) atoms. The van der Waals surface area contributed by atoms with Gasteiger partial charge in [-0.05, 0) is 12.5 Å². The van der Waals surface area contributed by atoms with Crippen molar-refractivity contribution in [3.63, 3.8) is 0 Å². The average molecular weight is 283 g/mol. The number of hydrogen-bond acceptors (Lipinski definition) is 6. The Morgan fingerprint density at radius 3 is 3.00 bits per heavy atom. The van der Waals surface area contributed by atoms with Crippen LogP contribution >= 0.6 is 0 Å². The molecule has 0 N–H and O–H groups in total. The van der Waals surface area contributed by atoms with Crippen molar-refractivity contribution in [2.24, 2.45) is 0 Å². The summed E-state index contributed by atoms with van der Waals surface area (Å²) in [6.45, 7) is 1.70. The van der Waals surface area contributed by atoms with Crippen molar-refractivity contribution in [2.75, 3.05) is 37.0 Å². The first-order valence-corrected chi connectivity index (χ1v) is 6.87. The molecule has 108 valence electrons. The number of nitriles is 1. The maximum Gasteiger partial charge on any atom is 0.227 e. The van der Waals surface area contributed by atoms with Gasteiger partial charge in [0.15, 0.2) is 0 Å². The van der Waals surface area contributed by atoms with E-state index in [4.69, 9.17) is 5.26 Å². The predicted octanol–water partition coefficient (Wildman–Crippen LogP) is 1.06. The topological polar surface area (TPSA) is 73.9 Å². The summed E-state index contributed by atoms with van der Waals surface area (Å²) in [6.07, 6.45) is 6.16. The van der Waals surface area contributed by atoms with Gasteiger partial charge in [0.2, 0.25) is 5.95 Å². The Hall–Kier alpha value is -2.62. The molecule has 1 fully saturated rings. The van der Waals surface area contributed by atoms with Gasteiger partial charge in [-0.1, -0.05) is 0 Å². The van der Waals surface area contributed by atoms with Crippen LogP contribution in [0, 0.1) is 11.3 Å². The predicted molar refractivity (Wildman–Crippen MR) is 79.2 cm³/mol. The van der Waals surface area contributed by atoms with Crippen LogP contribution in [0.1, 0.15) is 18.0 Å². The van der Waals surface area contributed by atoms with Crippen molar-refractivity contribution in [1.29, 1.82) is 5.26 Å². The first-order valence-electron chi connectivity index (χ1n) is 6.87. The molecular formula is C14H17N7. The van der Waals surface area contributed by atoms with Crippen molar-refractivity contribution in [3.05, 3.63) is 30.2 Å². The summed E-state index contributed by atoms with van der Waals surface area (Å²) in [6, 6.07) is 4.26. The molecule has 1 saturated heterocycles. The van der Waals surface area contributed by atoms with E-state index in [1.165, 1.54) is 0 Å². The summed E-state index contributed by atoms with van der Waals surface area (Å²) in [5, 5.41) is 13.1. The van der Waals surface area contributed by atoms with Crippen molar-refractivity contribution in [2.45, 2.75) is 12.5 Å². The van der Waals surface area contributed by atoms with E-state index >= 15 is 0 Å². The molecular weight excluding hydrogens is 266 g/mol. The Labute approximate surface area is 123 Å². The van der Waals surface area contributed by atoms with E-state index in [2.05, 4.69) is 26.0 Å². The summed E-state index contributed by atoms with van der Waals surface area (Å²) in [5.74, 6) is 1.64. The highest BCUT2D eigenvalue weighted by atomic mass is 15.4. The SMILES string of the molecule is CN(C)c1ccnc(N2CCC(n3cc(C#N)cn3)C2)n1. The Balaban J connectivity index is 1.75. The molecule has 2 aromatic rings. The first-order chi connectivity index (χ1) is 10.2. The standard InChI is InChI=1S/C14H17N7/c1-19(2)13-3-5-16-14(18-13)20-6-4-12(10-20)21-9-11(7-15)8-17-21/h3,5,8-9,12H,4,6,10H2,1-2H3. The van der Waals surface area contributed by atoms with Gasteiger partial charge in [0.05, 0.1) is 17.8 Å². The van der Waals surface area contributed by atoms with E-state index in [9.17, 15) is 0 Å². The summed E-state index contributed by atoms with van der Waals surface area (Å²) in [7, 11) is 3.93. The van der Waals surface area contributed by atoms with Gasteiger partial charge in [-0.2, -0.15) is 15.3 Å². The van der Waals surface area contributed by atoms with Crippen LogP contribution in [0.25, 0.3) is 0 Å². The quantitative estimate of drug-likeness (QED) is 0.838. The number of rotatable bonds is 3. The van der Waals surface area contributed by atoms with Crippen molar-refractivity contribution in [3.8, 4) is 6.07 Å². The third-order valence-electron chi connectivity index (χ3n) is 3.64. The lowest BCUT2D eigenvalue weighted by molar-refractivity contribution is 0.494. The van der Waals surface area contributed by atoms with E-state index < -0.39 is 0 Å². The molecule has 7 heteroatoms. The highest BCUT2D eigenvalue weighted by molar-refractivity contribution is 5.43. The second-order valence-electron chi connectivity index (χ2n) is 5.32. The fourth-order valence-electron chi connectivity index (χ4n) is 2.48. The largest absolute Gasteiger partial charge is 0.363 e. The molecule has 3 heterocycles. The lowest BCUT2D eigenvalue weighted by atomic mass is 10.3. The summed E-state index contributed by atoms with van der Waals surface area (Å²) >= 11 is 0. The normalized spacial score (nSPS) is 17.8. The molecule has 7 nitrogen and oxygen atoms in total. The fraction of sp³-hybridized carbons (Fsp3) is 0.429. The molecule has 0 amide bonds. The maximum atomic E-state index is 8.87. The molecule has 0 aliphatic carbocycles. The first kappa shape index (κ1) is 13.4. The molecule has 0 aromatic carbocycles. The van der Waals surface area contributed by atoms with Crippen LogP contribution in [-0.4, -0.2) is 46.9 Å². The smallest absolute Gasteiger partial charge is 0.227 e. The lowest BCUT2D eigenvalue weighted by Crippen LogP contribution is -2.24. The number of anilines is 2. The summed E-state index contributed by atoms with van der Waals surface area (Å²) in [5.41, 5.74) is 0.597. The zero-order valence-corrected chi connectivity index (χ0v) is 12.1. The highest BCUT2D eigenvalue weighted by Gasteiger charge is 2.26. The Morgan fingerprint density at radius 2 is 2.29 bits per heavy atom. The number of nitrogens with zero attached hydrogens (tertiary/aromatic N) is 7. The third-order valence-corrected chi connectivity index (χ3v) is 3.64. The monoisotopic (exact) mass is 283 g/mol. The molecule has 0 spiro atoms. The zero-order valence-electron chi connectivity index (χ0n) is 12.1. The Bertz CT molecular complexity index is 670. The summed E-state index contributed by atoms with van der Waals surface area (Å²) in [4.78, 5) is 13.0. The van der Waals surface area contributed by atoms with Crippen molar-refractivity contribution < 1.29 is 0 Å². The second kappa shape index (κ2) is 5.40. The van der Waals surface area contributed by atoms with Crippen LogP contribution in [0.15, 0.2) is 24.7 Å². The van der Waals surface area contributed by atoms with Gasteiger partial charge in [-0.3, -0.25) is 4.68 Å². The lowest BCUT2D eigenvalue weighted by Gasteiger charge is -2.18. The van der Waals surface area contributed by atoms with Gasteiger partial charge in [0.25, 0.3) is 0 Å². The zero-order chi connectivity index (χ0) is 14.8. The minimum atomic E-state index is 0.263. The second-order valence-corrected chi connectivity index (χ2v) is 5.32. The van der Waals surface area contributed by atoms with E-state index in [0.29, 0.717) is 5.56 Å². The van der Waals surface area contributed by atoms with Gasteiger partial charge in [0, 0.05) is 39.6 Å². The minimum Gasteiger partial charge on any atom is -0.363 e. The van der Waals surface area contributed by atoms with Crippen molar-refractivity contribution in [1.82, 2.24) is 19.7 Å². The molecule has 1 unspecified atom stereocenters. The molecule has 0 saturated carbocycles. The Morgan fingerprint density at radius 1 is 1.43 bits per heavy atom. The average Bonchev–Trinajstić information content (AvgIpc) is 3.16. The van der Waals surface area contributed by atoms with Crippen LogP contribution in [0.3, 0.4) is 0 Å². The highest BCUT2D eigenvalue weighted by Crippen LogP contribution is 2.25. The molecule has 1 aliphatic rings. The minimum absolute atomic E-state index is 0.263. The van der Waals surface area contributed by atoms with E-state index in [1.807, 2.05) is 29.7 Å². The van der Waals surface area contributed by atoms with Crippen LogP contribution in [0.5, 0.6) is 0 Å². The van der Waals surface area contributed by atoms with Crippen LogP contribution in [0.2, 0.25) is 0 Å². The van der Waals surface area contributed by atoms with Gasteiger partial charge in [-0.15, -0.1) is 0 Å². The molecule has 3 rings (SSSR count). The molecule has 2 aromatic heterocycles. The van der Waals surface area contributed by atoms with E-state index in [0.717, 1.165) is 31.3 Å². The third kappa shape index (κ3) is 2.65.